The molecule has 0 amide bonds. The molecule has 3 N–H and O–H groups in total. The topological polar surface area (TPSA) is 77.8 Å². The molecule has 0 aromatic rings. The third-order valence-corrected chi connectivity index (χ3v) is 2.02. The fourth-order valence-electron chi connectivity index (χ4n) is 1.23. The van der Waals surface area contributed by atoms with Gasteiger partial charge in [0.05, 0.1) is 5.92 Å². The molecular formula is C9H18O4. The number of unbranched alkanes of at least 4 members (excludes halogenated alkanes) is 1. The summed E-state index contributed by atoms with van der Waals surface area (Å²) in [6, 6.07) is 0. The van der Waals surface area contributed by atoms with Gasteiger partial charge in [0.1, 0.15) is 0 Å². The number of carbonyl (C=O) groups is 1. The molecule has 0 bridgehead atoms. The predicted molar refractivity (Wildman–Crippen MR) is 48.4 cm³/mol. The van der Waals surface area contributed by atoms with Gasteiger partial charge >= 0.3 is 5.97 Å². The van der Waals surface area contributed by atoms with Crippen molar-refractivity contribution in [3.8, 4) is 0 Å². The second-order valence-electron chi connectivity index (χ2n) is 3.12. The molecule has 78 valence electrons. The fraction of sp³-hybridized carbons (Fsp3) is 0.889. The van der Waals surface area contributed by atoms with Gasteiger partial charge in [0.25, 0.3) is 0 Å². The van der Waals surface area contributed by atoms with Crippen LogP contribution in [0.15, 0.2) is 0 Å². The van der Waals surface area contributed by atoms with E-state index in [2.05, 4.69) is 0 Å². The van der Waals surface area contributed by atoms with Gasteiger partial charge in [0.15, 0.2) is 0 Å². The van der Waals surface area contributed by atoms with E-state index in [-0.39, 0.29) is 19.1 Å². The summed E-state index contributed by atoms with van der Waals surface area (Å²) in [4.78, 5) is 10.7. The summed E-state index contributed by atoms with van der Waals surface area (Å²) in [7, 11) is 0. The molecule has 0 aliphatic rings. The quantitative estimate of drug-likeness (QED) is 0.490. The van der Waals surface area contributed by atoms with Crippen LogP contribution in [0.2, 0.25) is 0 Å². The number of aliphatic hydroxyl groups is 2. The molecule has 4 heteroatoms. The summed E-state index contributed by atoms with van der Waals surface area (Å²) in [5, 5.41) is 25.8. The van der Waals surface area contributed by atoms with Crippen LogP contribution in [0.1, 0.15) is 32.1 Å². The van der Waals surface area contributed by atoms with Crippen molar-refractivity contribution >= 4 is 5.97 Å². The molecule has 1 atom stereocenters. The van der Waals surface area contributed by atoms with Crippen molar-refractivity contribution < 1.29 is 20.1 Å². The lowest BCUT2D eigenvalue weighted by Crippen LogP contribution is -2.14. The molecule has 0 saturated heterocycles. The summed E-state index contributed by atoms with van der Waals surface area (Å²) in [6.07, 6.45) is 3.05. The number of carboxylic acids is 1. The molecule has 0 spiro atoms. The van der Waals surface area contributed by atoms with Crippen molar-refractivity contribution in [2.75, 3.05) is 13.2 Å². The number of rotatable bonds is 8. The zero-order chi connectivity index (χ0) is 10.1. The van der Waals surface area contributed by atoms with E-state index in [4.69, 9.17) is 15.3 Å². The van der Waals surface area contributed by atoms with Crippen LogP contribution in [-0.2, 0) is 4.79 Å². The van der Waals surface area contributed by atoms with Crippen LogP contribution in [0.4, 0.5) is 0 Å². The van der Waals surface area contributed by atoms with E-state index in [9.17, 15) is 4.79 Å². The Labute approximate surface area is 78.2 Å². The average molecular weight is 190 g/mol. The first kappa shape index (κ1) is 12.4. The molecule has 0 rings (SSSR count). The highest BCUT2D eigenvalue weighted by Crippen LogP contribution is 2.14. The Balaban J connectivity index is 3.61. The minimum Gasteiger partial charge on any atom is -0.481 e. The van der Waals surface area contributed by atoms with Crippen LogP contribution in [0, 0.1) is 5.92 Å². The predicted octanol–water partition coefficient (Wildman–Crippen LogP) is 0.622. The van der Waals surface area contributed by atoms with Crippen LogP contribution in [0.25, 0.3) is 0 Å². The normalized spacial score (nSPS) is 12.8. The van der Waals surface area contributed by atoms with E-state index in [1.54, 1.807) is 0 Å². The highest BCUT2D eigenvalue weighted by Gasteiger charge is 2.15. The first-order valence-corrected chi connectivity index (χ1v) is 4.67. The molecule has 13 heavy (non-hydrogen) atoms. The van der Waals surface area contributed by atoms with Gasteiger partial charge in [-0.1, -0.05) is 6.42 Å². The Kier molecular flexibility index (Phi) is 7.63. The maximum atomic E-state index is 10.7. The second-order valence-corrected chi connectivity index (χ2v) is 3.12. The van der Waals surface area contributed by atoms with Gasteiger partial charge in [-0.3, -0.25) is 4.79 Å². The van der Waals surface area contributed by atoms with Gasteiger partial charge < -0.3 is 15.3 Å². The number of hydrogen-bond acceptors (Lipinski definition) is 3. The van der Waals surface area contributed by atoms with Gasteiger partial charge in [-0.05, 0) is 25.7 Å². The van der Waals surface area contributed by atoms with E-state index in [0.29, 0.717) is 25.7 Å². The summed E-state index contributed by atoms with van der Waals surface area (Å²) in [6.45, 7) is 0.163. The molecule has 0 radical (unpaired) electrons. The Morgan fingerprint density at radius 2 is 1.54 bits per heavy atom. The van der Waals surface area contributed by atoms with E-state index < -0.39 is 5.97 Å². The number of hydrogen-bond donors (Lipinski definition) is 3. The first-order valence-electron chi connectivity index (χ1n) is 4.67. The summed E-state index contributed by atoms with van der Waals surface area (Å²) in [5.74, 6) is -1.16. The van der Waals surface area contributed by atoms with Crippen molar-refractivity contribution in [1.82, 2.24) is 0 Å². The Morgan fingerprint density at radius 3 is 2.00 bits per heavy atom. The van der Waals surface area contributed by atoms with E-state index in [1.165, 1.54) is 0 Å². The van der Waals surface area contributed by atoms with Gasteiger partial charge in [-0.2, -0.15) is 0 Å². The summed E-state index contributed by atoms with van der Waals surface area (Å²) >= 11 is 0. The SMILES string of the molecule is O=C(O)C(CCCO)CCCCO. The molecule has 0 fully saturated rings. The van der Waals surface area contributed by atoms with Gasteiger partial charge in [0, 0.05) is 13.2 Å². The van der Waals surface area contributed by atoms with Crippen molar-refractivity contribution in [1.29, 1.82) is 0 Å². The Morgan fingerprint density at radius 1 is 1.00 bits per heavy atom. The maximum absolute atomic E-state index is 10.7. The second kappa shape index (κ2) is 8.01. The van der Waals surface area contributed by atoms with E-state index in [1.807, 2.05) is 0 Å². The minimum absolute atomic E-state index is 0.0454. The lowest BCUT2D eigenvalue weighted by Gasteiger charge is -2.10. The number of carboxylic acid groups (broad SMARTS) is 1. The van der Waals surface area contributed by atoms with Crippen molar-refractivity contribution in [2.24, 2.45) is 5.92 Å². The van der Waals surface area contributed by atoms with Crippen LogP contribution >= 0.6 is 0 Å². The fourth-order valence-corrected chi connectivity index (χ4v) is 1.23. The summed E-state index contributed by atoms with van der Waals surface area (Å²) in [5.41, 5.74) is 0. The highest BCUT2D eigenvalue weighted by atomic mass is 16.4. The third kappa shape index (κ3) is 6.54. The standard InChI is InChI=1S/C9H18O4/c10-6-2-1-4-8(9(12)13)5-3-7-11/h8,10-11H,1-7H2,(H,12,13). The number of aliphatic hydroxyl groups excluding tert-OH is 2. The molecule has 4 nitrogen and oxygen atoms in total. The maximum Gasteiger partial charge on any atom is 0.306 e. The molecule has 0 aliphatic carbocycles. The molecular weight excluding hydrogens is 172 g/mol. The monoisotopic (exact) mass is 190 g/mol. The molecule has 1 unspecified atom stereocenters. The number of aliphatic carboxylic acids is 1. The third-order valence-electron chi connectivity index (χ3n) is 2.02. The largest absolute Gasteiger partial charge is 0.481 e. The highest BCUT2D eigenvalue weighted by molar-refractivity contribution is 5.69. The van der Waals surface area contributed by atoms with Crippen molar-refractivity contribution in [3.63, 3.8) is 0 Å². The average Bonchev–Trinajstić information content (AvgIpc) is 2.10. The van der Waals surface area contributed by atoms with Gasteiger partial charge in [-0.15, -0.1) is 0 Å². The zero-order valence-corrected chi connectivity index (χ0v) is 7.78. The molecule has 0 aromatic carbocycles. The van der Waals surface area contributed by atoms with Crippen molar-refractivity contribution in [3.05, 3.63) is 0 Å². The lowest BCUT2D eigenvalue weighted by atomic mass is 9.97. The lowest BCUT2D eigenvalue weighted by molar-refractivity contribution is -0.142. The zero-order valence-electron chi connectivity index (χ0n) is 7.78. The van der Waals surface area contributed by atoms with Crippen molar-refractivity contribution in [2.45, 2.75) is 32.1 Å². The molecule has 0 aromatic heterocycles. The minimum atomic E-state index is -0.800. The van der Waals surface area contributed by atoms with Crippen LogP contribution in [0.3, 0.4) is 0 Å². The Hall–Kier alpha value is -0.610. The van der Waals surface area contributed by atoms with Crippen LogP contribution < -0.4 is 0 Å². The molecule has 0 aliphatic heterocycles. The van der Waals surface area contributed by atoms with Crippen LogP contribution in [0.5, 0.6) is 0 Å². The molecule has 0 heterocycles. The summed E-state index contributed by atoms with van der Waals surface area (Å²) < 4.78 is 0. The van der Waals surface area contributed by atoms with Gasteiger partial charge in [0.2, 0.25) is 0 Å². The molecule has 0 saturated carbocycles. The van der Waals surface area contributed by atoms with E-state index in [0.717, 1.165) is 6.42 Å². The van der Waals surface area contributed by atoms with Gasteiger partial charge in [-0.25, -0.2) is 0 Å². The van der Waals surface area contributed by atoms with E-state index >= 15 is 0 Å². The first-order chi connectivity index (χ1) is 6.22. The smallest absolute Gasteiger partial charge is 0.306 e. The Bertz CT molecular complexity index is 136. The van der Waals surface area contributed by atoms with Crippen LogP contribution in [-0.4, -0.2) is 34.5 Å².